The first-order chi connectivity index (χ1) is 13.6. The Morgan fingerprint density at radius 1 is 0.893 bits per heavy atom. The molecule has 3 aromatic rings. The van der Waals surface area contributed by atoms with Crippen molar-refractivity contribution in [2.24, 2.45) is 0 Å². The summed E-state index contributed by atoms with van der Waals surface area (Å²) in [6, 6.07) is 26.8. The Balaban J connectivity index is 1.62. The molecule has 0 N–H and O–H groups in total. The topological polar surface area (TPSA) is 46.6 Å². The first-order valence-electron chi connectivity index (χ1n) is 9.35. The number of hydrogen-bond acceptors (Lipinski definition) is 4. The molecular formula is C23H22NO3S. The highest BCUT2D eigenvalue weighted by molar-refractivity contribution is 7.91. The van der Waals surface area contributed by atoms with E-state index in [1.54, 1.807) is 0 Å². The fourth-order valence-electron chi connectivity index (χ4n) is 3.40. The Labute approximate surface area is 166 Å². The third-order valence-electron chi connectivity index (χ3n) is 4.93. The maximum absolute atomic E-state index is 11.7. The third-order valence-corrected chi connectivity index (χ3v) is 6.54. The van der Waals surface area contributed by atoms with Crippen molar-refractivity contribution >= 4 is 9.84 Å². The Morgan fingerprint density at radius 2 is 1.61 bits per heavy atom. The molecule has 5 heteroatoms. The van der Waals surface area contributed by atoms with Gasteiger partial charge in [-0.25, -0.2) is 8.42 Å². The molecule has 1 radical (unpaired) electrons. The van der Waals surface area contributed by atoms with Crippen LogP contribution in [-0.4, -0.2) is 37.9 Å². The zero-order valence-corrected chi connectivity index (χ0v) is 16.4. The van der Waals surface area contributed by atoms with E-state index in [9.17, 15) is 8.42 Å². The predicted molar refractivity (Wildman–Crippen MR) is 111 cm³/mol. The van der Waals surface area contributed by atoms with Gasteiger partial charge in [-0.3, -0.25) is 4.90 Å². The minimum atomic E-state index is -2.88. The van der Waals surface area contributed by atoms with E-state index in [1.807, 2.05) is 66.7 Å². The van der Waals surface area contributed by atoms with E-state index in [4.69, 9.17) is 4.74 Å². The molecule has 4 rings (SSSR count). The van der Waals surface area contributed by atoms with E-state index in [-0.39, 0.29) is 11.5 Å². The quantitative estimate of drug-likeness (QED) is 0.654. The Morgan fingerprint density at radius 3 is 2.39 bits per heavy atom. The van der Waals surface area contributed by atoms with E-state index in [0.29, 0.717) is 19.6 Å². The van der Waals surface area contributed by atoms with Gasteiger partial charge in [-0.1, -0.05) is 48.5 Å². The number of hydrogen-bond donors (Lipinski definition) is 0. The maximum atomic E-state index is 11.7. The summed E-state index contributed by atoms with van der Waals surface area (Å²) in [6.45, 7) is 1.83. The van der Waals surface area contributed by atoms with Crippen LogP contribution in [0.25, 0.3) is 11.1 Å². The van der Waals surface area contributed by atoms with E-state index in [1.165, 1.54) is 0 Å². The lowest BCUT2D eigenvalue weighted by molar-refractivity contribution is 0.288. The highest BCUT2D eigenvalue weighted by atomic mass is 32.2. The molecule has 1 aliphatic rings. The van der Waals surface area contributed by atoms with Crippen LogP contribution in [0.15, 0.2) is 72.8 Å². The van der Waals surface area contributed by atoms with Crippen molar-refractivity contribution in [1.82, 2.24) is 4.90 Å². The summed E-state index contributed by atoms with van der Waals surface area (Å²) in [4.78, 5) is 2.19. The van der Waals surface area contributed by atoms with Crippen molar-refractivity contribution < 1.29 is 13.2 Å². The van der Waals surface area contributed by atoms with Crippen LogP contribution in [0.4, 0.5) is 0 Å². The minimum absolute atomic E-state index is 0.229. The second-order valence-corrected chi connectivity index (χ2v) is 9.23. The second-order valence-electron chi connectivity index (χ2n) is 6.92. The van der Waals surface area contributed by atoms with Crippen molar-refractivity contribution in [1.29, 1.82) is 0 Å². The average Bonchev–Trinajstić information content (AvgIpc) is 2.71. The van der Waals surface area contributed by atoms with Gasteiger partial charge in [-0.15, -0.1) is 0 Å². The molecular weight excluding hydrogens is 370 g/mol. The van der Waals surface area contributed by atoms with Gasteiger partial charge in [0.1, 0.15) is 11.5 Å². The molecule has 0 amide bonds. The number of para-hydroxylation sites is 2. The first-order valence-corrected chi connectivity index (χ1v) is 11.2. The van der Waals surface area contributed by atoms with Gasteiger partial charge in [-0.05, 0) is 41.5 Å². The van der Waals surface area contributed by atoms with Crippen molar-refractivity contribution in [3.05, 3.63) is 84.4 Å². The Kier molecular flexibility index (Phi) is 5.46. The fourth-order valence-corrected chi connectivity index (χ4v) is 4.68. The van der Waals surface area contributed by atoms with Gasteiger partial charge >= 0.3 is 0 Å². The van der Waals surface area contributed by atoms with Crippen LogP contribution >= 0.6 is 0 Å². The van der Waals surface area contributed by atoms with Gasteiger partial charge in [0.05, 0.1) is 11.5 Å². The molecule has 143 valence electrons. The van der Waals surface area contributed by atoms with Crippen LogP contribution in [-0.2, 0) is 16.4 Å². The maximum Gasteiger partial charge on any atom is 0.152 e. The summed E-state index contributed by atoms with van der Waals surface area (Å²) in [6.07, 6.45) is 0. The third kappa shape index (κ3) is 4.43. The summed E-state index contributed by atoms with van der Waals surface area (Å²) in [7, 11) is -2.88. The van der Waals surface area contributed by atoms with Crippen LogP contribution in [0.5, 0.6) is 11.5 Å². The molecule has 0 aromatic heterocycles. The number of ether oxygens (including phenoxy) is 1. The number of benzene rings is 3. The molecule has 4 nitrogen and oxygen atoms in total. The lowest BCUT2D eigenvalue weighted by Crippen LogP contribution is -2.39. The summed E-state index contributed by atoms with van der Waals surface area (Å²) in [5, 5.41) is 0. The molecule has 28 heavy (non-hydrogen) atoms. The highest BCUT2D eigenvalue weighted by Gasteiger charge is 2.22. The highest BCUT2D eigenvalue weighted by Crippen LogP contribution is 2.35. The smallest absolute Gasteiger partial charge is 0.152 e. The number of rotatable bonds is 5. The zero-order valence-electron chi connectivity index (χ0n) is 15.5. The monoisotopic (exact) mass is 392 g/mol. The molecule has 0 saturated carbocycles. The van der Waals surface area contributed by atoms with Crippen LogP contribution in [0.2, 0.25) is 0 Å². The molecule has 0 bridgehead atoms. The number of nitrogens with zero attached hydrogens (tertiary/aromatic N) is 1. The molecule has 1 heterocycles. The van der Waals surface area contributed by atoms with E-state index in [2.05, 4.69) is 17.0 Å². The summed E-state index contributed by atoms with van der Waals surface area (Å²) >= 11 is 0. The van der Waals surface area contributed by atoms with Gasteiger partial charge in [0.25, 0.3) is 0 Å². The second kappa shape index (κ2) is 8.17. The molecule has 0 atom stereocenters. The van der Waals surface area contributed by atoms with Gasteiger partial charge in [0, 0.05) is 25.2 Å². The molecule has 1 fully saturated rings. The average molecular weight is 393 g/mol. The lowest BCUT2D eigenvalue weighted by Gasteiger charge is -2.27. The normalized spacial score (nSPS) is 16.6. The van der Waals surface area contributed by atoms with Crippen LogP contribution in [0, 0.1) is 6.07 Å². The lowest BCUT2D eigenvalue weighted by atomic mass is 9.98. The minimum Gasteiger partial charge on any atom is -0.457 e. The van der Waals surface area contributed by atoms with Crippen molar-refractivity contribution in [3.8, 4) is 22.6 Å². The van der Waals surface area contributed by atoms with Gasteiger partial charge in [0.15, 0.2) is 9.84 Å². The van der Waals surface area contributed by atoms with E-state index < -0.39 is 9.84 Å². The first kappa shape index (κ1) is 18.7. The summed E-state index contributed by atoms with van der Waals surface area (Å²) in [5.74, 6) is 2.04. The van der Waals surface area contributed by atoms with Gasteiger partial charge in [-0.2, -0.15) is 0 Å². The molecule has 1 saturated heterocycles. The largest absolute Gasteiger partial charge is 0.457 e. The summed E-state index contributed by atoms with van der Waals surface area (Å²) in [5.41, 5.74) is 3.21. The molecule has 0 aliphatic carbocycles. The Hall–Kier alpha value is -2.63. The fraction of sp³-hybridized carbons (Fsp3) is 0.217. The van der Waals surface area contributed by atoms with Crippen LogP contribution < -0.4 is 4.74 Å². The molecule has 3 aromatic carbocycles. The standard InChI is InChI=1S/C23H22NO3S/c25-28(26)16-14-24(15-17-28)18-19-8-4-5-11-21(19)22-12-6-7-13-23(22)27-20-9-2-1-3-10-20/h1-3,5-13H,14-18H2. The van der Waals surface area contributed by atoms with Crippen LogP contribution in [0.3, 0.4) is 0 Å². The van der Waals surface area contributed by atoms with E-state index in [0.717, 1.165) is 28.2 Å². The number of sulfone groups is 1. The van der Waals surface area contributed by atoms with Crippen molar-refractivity contribution in [3.63, 3.8) is 0 Å². The summed E-state index contributed by atoms with van der Waals surface area (Å²) < 4.78 is 29.5. The SMILES string of the molecule is O=S1(=O)CCN(Cc2c[c]ccc2-c2ccccc2Oc2ccccc2)CC1. The van der Waals surface area contributed by atoms with Gasteiger partial charge < -0.3 is 4.74 Å². The van der Waals surface area contributed by atoms with E-state index >= 15 is 0 Å². The van der Waals surface area contributed by atoms with Crippen molar-refractivity contribution in [2.45, 2.75) is 6.54 Å². The van der Waals surface area contributed by atoms with Crippen LogP contribution in [0.1, 0.15) is 5.56 Å². The molecule has 0 spiro atoms. The Bertz CT molecular complexity index is 1030. The molecule has 0 unspecified atom stereocenters. The zero-order chi connectivity index (χ0) is 19.4. The van der Waals surface area contributed by atoms with Gasteiger partial charge in [0.2, 0.25) is 0 Å². The van der Waals surface area contributed by atoms with Crippen molar-refractivity contribution in [2.75, 3.05) is 24.6 Å². The predicted octanol–water partition coefficient (Wildman–Crippen LogP) is 4.18. The molecule has 1 aliphatic heterocycles.